The molecule has 9 nitrogen and oxygen atoms in total. The Bertz CT molecular complexity index is 1540. The van der Waals surface area contributed by atoms with E-state index in [9.17, 15) is 14.7 Å². The van der Waals surface area contributed by atoms with Crippen LogP contribution in [0.1, 0.15) is 17.7 Å². The van der Waals surface area contributed by atoms with Crippen molar-refractivity contribution >= 4 is 61.4 Å². The molecule has 0 saturated carbocycles. The number of aromatic amines is 1. The maximum absolute atomic E-state index is 13.2. The summed E-state index contributed by atoms with van der Waals surface area (Å²) < 4.78 is 0. The fourth-order valence-electron chi connectivity index (χ4n) is 5.45. The van der Waals surface area contributed by atoms with Gasteiger partial charge in [-0.15, -0.1) is 11.3 Å². The van der Waals surface area contributed by atoms with Gasteiger partial charge in [0, 0.05) is 54.2 Å². The van der Waals surface area contributed by atoms with Crippen LogP contribution in [-0.2, 0) is 9.59 Å². The summed E-state index contributed by atoms with van der Waals surface area (Å²) in [5.41, 5.74) is 2.39. The number of aliphatic hydroxyl groups is 1. The van der Waals surface area contributed by atoms with Crippen molar-refractivity contribution in [2.45, 2.75) is 12.5 Å². The predicted molar refractivity (Wildman–Crippen MR) is 141 cm³/mol. The van der Waals surface area contributed by atoms with Gasteiger partial charge in [0.05, 0.1) is 22.4 Å². The third-order valence-electron chi connectivity index (χ3n) is 7.21. The van der Waals surface area contributed by atoms with E-state index in [-0.39, 0.29) is 24.1 Å². The average molecular weight is 503 g/mol. The molecule has 2 unspecified atom stereocenters. The standard InChI is InChI=1S/C26H26N6O3S/c1-31(2)19-7-9-32(12-14(19)13-33)26-28-18-6-4-3-5-16(18)22(29-26)21-20(23(34)30-24(21)35)17-11-27-25-15(17)8-10-36-25/h3-6,8,10-11,14,19,27,33H,7,9,12-13H2,1-2H3,(H,30,34,35). The summed E-state index contributed by atoms with van der Waals surface area (Å²) in [5, 5.41) is 16.1. The monoisotopic (exact) mass is 502 g/mol. The Balaban J connectivity index is 1.53. The third kappa shape index (κ3) is 3.60. The molecule has 10 heteroatoms. The number of anilines is 1. The largest absolute Gasteiger partial charge is 0.396 e. The van der Waals surface area contributed by atoms with Gasteiger partial charge in [0.25, 0.3) is 11.8 Å². The molecule has 1 fully saturated rings. The third-order valence-corrected chi connectivity index (χ3v) is 8.05. The number of hydrogen-bond donors (Lipinski definition) is 3. The number of carbonyl (C=O) groups is 2. The molecule has 2 amide bonds. The van der Waals surface area contributed by atoms with Gasteiger partial charge >= 0.3 is 0 Å². The Morgan fingerprint density at radius 1 is 1.11 bits per heavy atom. The first kappa shape index (κ1) is 22.8. The lowest BCUT2D eigenvalue weighted by atomic mass is 9.92. The summed E-state index contributed by atoms with van der Waals surface area (Å²) in [7, 11) is 4.06. The Hall–Kier alpha value is -3.60. The maximum atomic E-state index is 13.2. The van der Waals surface area contributed by atoms with Gasteiger partial charge < -0.3 is 19.9 Å². The normalized spacial score (nSPS) is 20.8. The topological polar surface area (TPSA) is 114 Å². The molecule has 0 aliphatic carbocycles. The Labute approximate surface area is 211 Å². The lowest BCUT2D eigenvalue weighted by Gasteiger charge is -2.41. The molecule has 36 heavy (non-hydrogen) atoms. The minimum atomic E-state index is -0.464. The lowest BCUT2D eigenvalue weighted by molar-refractivity contribution is -0.122. The molecule has 0 radical (unpaired) electrons. The van der Waals surface area contributed by atoms with Crippen LogP contribution in [0.3, 0.4) is 0 Å². The highest BCUT2D eigenvalue weighted by molar-refractivity contribution is 7.16. The van der Waals surface area contributed by atoms with Gasteiger partial charge in [-0.2, -0.15) is 0 Å². The van der Waals surface area contributed by atoms with Gasteiger partial charge in [-0.1, -0.05) is 18.2 Å². The molecular formula is C26H26N6O3S. The van der Waals surface area contributed by atoms with Crippen molar-refractivity contribution in [1.82, 2.24) is 25.2 Å². The molecule has 184 valence electrons. The first-order valence-electron chi connectivity index (χ1n) is 11.9. The van der Waals surface area contributed by atoms with Crippen molar-refractivity contribution in [3.05, 3.63) is 53.2 Å². The predicted octanol–water partition coefficient (Wildman–Crippen LogP) is 2.49. The van der Waals surface area contributed by atoms with E-state index in [1.54, 1.807) is 17.5 Å². The molecule has 3 N–H and O–H groups in total. The van der Waals surface area contributed by atoms with Crippen molar-refractivity contribution in [3.8, 4) is 0 Å². The molecule has 0 spiro atoms. The number of thiophene rings is 1. The van der Waals surface area contributed by atoms with Gasteiger partial charge in [-0.05, 0) is 38.0 Å². The van der Waals surface area contributed by atoms with Crippen LogP contribution in [0.2, 0.25) is 0 Å². The molecule has 2 atom stereocenters. The fourth-order valence-corrected chi connectivity index (χ4v) is 6.22. The molecule has 1 saturated heterocycles. The van der Waals surface area contributed by atoms with Crippen molar-refractivity contribution < 1.29 is 14.7 Å². The van der Waals surface area contributed by atoms with Crippen LogP contribution < -0.4 is 10.2 Å². The number of aromatic nitrogens is 3. The van der Waals surface area contributed by atoms with Crippen molar-refractivity contribution in [2.75, 3.05) is 38.7 Å². The Morgan fingerprint density at radius 2 is 1.92 bits per heavy atom. The fraction of sp³-hybridized carbons (Fsp3) is 0.308. The number of benzene rings is 1. The van der Waals surface area contributed by atoms with Crippen LogP contribution >= 0.6 is 11.3 Å². The van der Waals surface area contributed by atoms with Crippen LogP contribution in [0.25, 0.3) is 32.3 Å². The number of hydrogen-bond acceptors (Lipinski definition) is 8. The first-order valence-corrected chi connectivity index (χ1v) is 12.8. The minimum Gasteiger partial charge on any atom is -0.396 e. The zero-order valence-corrected chi connectivity index (χ0v) is 20.8. The van der Waals surface area contributed by atoms with E-state index in [4.69, 9.17) is 9.97 Å². The highest BCUT2D eigenvalue weighted by atomic mass is 32.1. The van der Waals surface area contributed by atoms with Crippen LogP contribution in [-0.4, -0.2) is 76.6 Å². The quantitative estimate of drug-likeness (QED) is 0.359. The highest BCUT2D eigenvalue weighted by Gasteiger charge is 2.37. The lowest BCUT2D eigenvalue weighted by Crippen LogP contribution is -2.50. The summed E-state index contributed by atoms with van der Waals surface area (Å²) in [6, 6.07) is 9.75. The van der Waals surface area contributed by atoms with Crippen LogP contribution in [0.4, 0.5) is 5.95 Å². The van der Waals surface area contributed by atoms with Gasteiger partial charge in [0.15, 0.2) is 0 Å². The maximum Gasteiger partial charge on any atom is 0.261 e. The smallest absolute Gasteiger partial charge is 0.261 e. The number of amides is 2. The molecule has 0 bridgehead atoms. The van der Waals surface area contributed by atoms with Crippen molar-refractivity contribution in [3.63, 3.8) is 0 Å². The van der Waals surface area contributed by atoms with E-state index in [0.717, 1.165) is 23.2 Å². The van der Waals surface area contributed by atoms with E-state index in [2.05, 4.69) is 20.1 Å². The number of fused-ring (bicyclic) bond motifs is 2. The summed E-state index contributed by atoms with van der Waals surface area (Å²) in [5.74, 6) is -0.356. The second kappa shape index (κ2) is 8.81. The van der Waals surface area contributed by atoms with Gasteiger partial charge in [0.1, 0.15) is 4.83 Å². The molecule has 2 aliphatic rings. The molecule has 4 aromatic rings. The summed E-state index contributed by atoms with van der Waals surface area (Å²) in [6.45, 7) is 1.39. The number of para-hydroxylation sites is 1. The number of nitrogens with one attached hydrogen (secondary N) is 2. The molecule has 5 heterocycles. The zero-order chi connectivity index (χ0) is 25.0. The molecular weight excluding hydrogens is 476 g/mol. The number of nitrogens with zero attached hydrogens (tertiary/aromatic N) is 4. The Morgan fingerprint density at radius 3 is 2.72 bits per heavy atom. The van der Waals surface area contributed by atoms with Crippen molar-refractivity contribution in [1.29, 1.82) is 0 Å². The molecule has 3 aromatic heterocycles. The number of piperidine rings is 1. The number of carbonyl (C=O) groups excluding carboxylic acids is 2. The second-order valence-electron chi connectivity index (χ2n) is 9.50. The van der Waals surface area contributed by atoms with Crippen LogP contribution in [0.5, 0.6) is 0 Å². The molecule has 6 rings (SSSR count). The molecule has 1 aromatic carbocycles. The summed E-state index contributed by atoms with van der Waals surface area (Å²) >= 11 is 1.54. The summed E-state index contributed by atoms with van der Waals surface area (Å²) in [6.07, 6.45) is 2.63. The van der Waals surface area contributed by atoms with E-state index in [1.165, 1.54) is 0 Å². The summed E-state index contributed by atoms with van der Waals surface area (Å²) in [4.78, 5) is 44.3. The Kier molecular flexibility index (Phi) is 5.59. The van der Waals surface area contributed by atoms with E-state index < -0.39 is 11.8 Å². The van der Waals surface area contributed by atoms with E-state index in [1.807, 2.05) is 49.8 Å². The van der Waals surface area contributed by atoms with Gasteiger partial charge in [0.2, 0.25) is 5.95 Å². The van der Waals surface area contributed by atoms with E-state index >= 15 is 0 Å². The number of rotatable bonds is 5. The number of imide groups is 1. The first-order chi connectivity index (χ1) is 17.5. The number of aliphatic hydroxyl groups excluding tert-OH is 1. The van der Waals surface area contributed by atoms with Gasteiger partial charge in [-0.3, -0.25) is 14.9 Å². The second-order valence-corrected chi connectivity index (χ2v) is 10.4. The van der Waals surface area contributed by atoms with Crippen LogP contribution in [0, 0.1) is 5.92 Å². The highest BCUT2D eigenvalue weighted by Crippen LogP contribution is 2.38. The number of H-pyrrole nitrogens is 1. The zero-order valence-electron chi connectivity index (χ0n) is 20.0. The van der Waals surface area contributed by atoms with Crippen molar-refractivity contribution in [2.24, 2.45) is 5.92 Å². The van der Waals surface area contributed by atoms with Crippen LogP contribution in [0.15, 0.2) is 41.9 Å². The minimum absolute atomic E-state index is 0.0464. The van der Waals surface area contributed by atoms with E-state index in [0.29, 0.717) is 40.2 Å². The molecule has 2 aliphatic heterocycles. The average Bonchev–Trinajstić information content (AvgIpc) is 3.57. The van der Waals surface area contributed by atoms with Gasteiger partial charge in [-0.25, -0.2) is 9.97 Å². The SMILES string of the molecule is CN(C)C1CCN(c2nc(C3=C(c4c[nH]c5sccc45)C(=O)NC3=O)c3ccccc3n2)CC1CO.